The van der Waals surface area contributed by atoms with Crippen LogP contribution < -0.4 is 20.1 Å². The van der Waals surface area contributed by atoms with E-state index in [1.807, 2.05) is 48.5 Å². The van der Waals surface area contributed by atoms with Crippen LogP contribution in [0, 0.1) is 0 Å². The van der Waals surface area contributed by atoms with Crippen molar-refractivity contribution in [1.29, 1.82) is 0 Å². The Morgan fingerprint density at radius 2 is 1.68 bits per heavy atom. The van der Waals surface area contributed by atoms with Gasteiger partial charge in [0.25, 0.3) is 5.91 Å². The molecule has 1 amide bonds. The van der Waals surface area contributed by atoms with E-state index in [4.69, 9.17) is 9.47 Å². The highest BCUT2D eigenvalue weighted by Crippen LogP contribution is 2.17. The van der Waals surface area contributed by atoms with Crippen molar-refractivity contribution >= 4 is 11.7 Å². The quantitative estimate of drug-likeness (QED) is 0.627. The summed E-state index contributed by atoms with van der Waals surface area (Å²) in [6.07, 6.45) is 0. The molecule has 3 rings (SSSR count). The number of benzene rings is 2. The molecule has 0 aliphatic heterocycles. The molecule has 7 heteroatoms. The van der Waals surface area contributed by atoms with Crippen LogP contribution >= 0.6 is 0 Å². The molecular weight excluding hydrogens is 356 g/mol. The van der Waals surface area contributed by atoms with Gasteiger partial charge in [0.15, 0.2) is 5.69 Å². The first-order valence-electron chi connectivity index (χ1n) is 8.80. The van der Waals surface area contributed by atoms with Gasteiger partial charge >= 0.3 is 0 Å². The van der Waals surface area contributed by atoms with Crippen molar-refractivity contribution in [2.24, 2.45) is 0 Å². The number of rotatable bonds is 8. The van der Waals surface area contributed by atoms with Crippen molar-refractivity contribution in [3.05, 3.63) is 77.5 Å². The molecule has 1 aromatic heterocycles. The smallest absolute Gasteiger partial charge is 0.272 e. The summed E-state index contributed by atoms with van der Waals surface area (Å²) in [6, 6.07) is 18.6. The van der Waals surface area contributed by atoms with Crippen molar-refractivity contribution in [3.8, 4) is 11.5 Å². The molecule has 0 saturated heterocycles. The number of aromatic nitrogens is 2. The summed E-state index contributed by atoms with van der Waals surface area (Å²) in [5.74, 6) is 1.84. The van der Waals surface area contributed by atoms with E-state index in [0.717, 1.165) is 22.6 Å². The molecule has 0 fully saturated rings. The summed E-state index contributed by atoms with van der Waals surface area (Å²) in [7, 11) is 3.24. The largest absolute Gasteiger partial charge is 0.497 e. The molecule has 0 bridgehead atoms. The molecule has 0 saturated carbocycles. The second-order valence-corrected chi connectivity index (χ2v) is 6.00. The Morgan fingerprint density at radius 3 is 2.36 bits per heavy atom. The van der Waals surface area contributed by atoms with Crippen molar-refractivity contribution in [2.75, 3.05) is 19.5 Å². The van der Waals surface area contributed by atoms with Gasteiger partial charge in [-0.05, 0) is 35.9 Å². The van der Waals surface area contributed by atoms with Crippen LogP contribution in [0.3, 0.4) is 0 Å². The van der Waals surface area contributed by atoms with Gasteiger partial charge in [-0.1, -0.05) is 30.3 Å². The number of carbonyl (C=O) groups is 1. The third kappa shape index (κ3) is 4.97. The lowest BCUT2D eigenvalue weighted by atomic mass is 10.2. The fourth-order valence-corrected chi connectivity index (χ4v) is 2.60. The van der Waals surface area contributed by atoms with E-state index in [9.17, 15) is 4.79 Å². The van der Waals surface area contributed by atoms with E-state index >= 15 is 0 Å². The van der Waals surface area contributed by atoms with E-state index in [1.165, 1.54) is 0 Å². The Labute approximate surface area is 163 Å². The number of ether oxygens (including phenoxy) is 2. The zero-order valence-corrected chi connectivity index (χ0v) is 15.8. The Morgan fingerprint density at radius 1 is 0.893 bits per heavy atom. The van der Waals surface area contributed by atoms with Gasteiger partial charge in [0.05, 0.1) is 14.2 Å². The summed E-state index contributed by atoms with van der Waals surface area (Å²) in [4.78, 5) is 12.3. The second kappa shape index (κ2) is 9.36. The summed E-state index contributed by atoms with van der Waals surface area (Å²) >= 11 is 0. The molecule has 0 unspecified atom stereocenters. The number of carbonyl (C=O) groups excluding carboxylic acids is 1. The van der Waals surface area contributed by atoms with Crippen molar-refractivity contribution < 1.29 is 14.3 Å². The summed E-state index contributed by atoms with van der Waals surface area (Å²) in [5, 5.41) is 14.1. The monoisotopic (exact) mass is 378 g/mol. The molecule has 2 N–H and O–H groups in total. The summed E-state index contributed by atoms with van der Waals surface area (Å²) in [5.41, 5.74) is 2.23. The Bertz CT molecular complexity index is 912. The average Bonchev–Trinajstić information content (AvgIpc) is 2.77. The van der Waals surface area contributed by atoms with Crippen LogP contribution in [0.4, 0.5) is 5.82 Å². The van der Waals surface area contributed by atoms with E-state index in [0.29, 0.717) is 18.9 Å². The Hall–Kier alpha value is -3.61. The van der Waals surface area contributed by atoms with Crippen LogP contribution in [0.15, 0.2) is 60.7 Å². The minimum absolute atomic E-state index is 0.255. The predicted octanol–water partition coefficient (Wildman–Crippen LogP) is 3.04. The molecule has 0 atom stereocenters. The average molecular weight is 378 g/mol. The third-order valence-electron chi connectivity index (χ3n) is 4.16. The number of para-hydroxylation sites is 1. The number of amides is 1. The second-order valence-electron chi connectivity index (χ2n) is 6.00. The number of hydrogen-bond donors (Lipinski definition) is 2. The molecule has 3 aromatic rings. The molecule has 144 valence electrons. The van der Waals surface area contributed by atoms with Gasteiger partial charge in [-0.15, -0.1) is 10.2 Å². The summed E-state index contributed by atoms with van der Waals surface area (Å²) in [6.45, 7) is 0.944. The summed E-state index contributed by atoms with van der Waals surface area (Å²) < 4.78 is 10.4. The fraction of sp³-hybridized carbons (Fsp3) is 0.190. The third-order valence-corrected chi connectivity index (χ3v) is 4.16. The minimum Gasteiger partial charge on any atom is -0.497 e. The first-order valence-corrected chi connectivity index (χ1v) is 8.80. The van der Waals surface area contributed by atoms with Crippen LogP contribution in [-0.2, 0) is 13.1 Å². The van der Waals surface area contributed by atoms with Crippen molar-refractivity contribution in [3.63, 3.8) is 0 Å². The van der Waals surface area contributed by atoms with E-state index < -0.39 is 0 Å². The van der Waals surface area contributed by atoms with E-state index in [1.54, 1.807) is 26.4 Å². The van der Waals surface area contributed by atoms with Crippen molar-refractivity contribution in [1.82, 2.24) is 15.5 Å². The van der Waals surface area contributed by atoms with E-state index in [-0.39, 0.29) is 11.6 Å². The molecule has 0 radical (unpaired) electrons. The maximum Gasteiger partial charge on any atom is 0.272 e. The number of methoxy groups -OCH3 is 2. The Kier molecular flexibility index (Phi) is 6.41. The number of anilines is 1. The highest BCUT2D eigenvalue weighted by Gasteiger charge is 2.09. The SMILES string of the molecule is COc1ccc(CNc2ccc(C(=O)NCc3ccccc3OC)nn2)cc1. The molecule has 0 aliphatic carbocycles. The molecule has 2 aromatic carbocycles. The van der Waals surface area contributed by atoms with Crippen LogP contribution in [0.5, 0.6) is 11.5 Å². The lowest BCUT2D eigenvalue weighted by Gasteiger charge is -2.09. The lowest BCUT2D eigenvalue weighted by molar-refractivity contribution is 0.0944. The van der Waals surface area contributed by atoms with Crippen LogP contribution in [0.1, 0.15) is 21.6 Å². The maximum atomic E-state index is 12.3. The number of nitrogens with one attached hydrogen (secondary N) is 2. The van der Waals surface area contributed by atoms with Gasteiger partial charge in [-0.3, -0.25) is 4.79 Å². The van der Waals surface area contributed by atoms with Gasteiger partial charge in [0.1, 0.15) is 17.3 Å². The first-order chi connectivity index (χ1) is 13.7. The van der Waals surface area contributed by atoms with Crippen LogP contribution in [-0.4, -0.2) is 30.3 Å². The van der Waals surface area contributed by atoms with Gasteiger partial charge in [0.2, 0.25) is 0 Å². The van der Waals surface area contributed by atoms with Gasteiger partial charge < -0.3 is 20.1 Å². The first kappa shape index (κ1) is 19.2. The predicted molar refractivity (Wildman–Crippen MR) is 107 cm³/mol. The molecule has 1 heterocycles. The molecular formula is C21H22N4O3. The minimum atomic E-state index is -0.292. The standard InChI is InChI=1S/C21H22N4O3/c1-27-17-9-7-15(8-10-17)13-22-20-12-11-18(24-25-20)21(26)23-14-16-5-3-4-6-19(16)28-2/h3-12H,13-14H2,1-2H3,(H,22,25)(H,23,26). The van der Waals surface area contributed by atoms with E-state index in [2.05, 4.69) is 20.8 Å². The normalized spacial score (nSPS) is 10.2. The Balaban J connectivity index is 1.53. The van der Waals surface area contributed by atoms with Gasteiger partial charge in [-0.2, -0.15) is 0 Å². The highest BCUT2D eigenvalue weighted by atomic mass is 16.5. The van der Waals surface area contributed by atoms with Crippen molar-refractivity contribution in [2.45, 2.75) is 13.1 Å². The fourth-order valence-electron chi connectivity index (χ4n) is 2.60. The zero-order valence-electron chi connectivity index (χ0n) is 15.8. The molecule has 0 spiro atoms. The zero-order chi connectivity index (χ0) is 19.8. The molecule has 0 aliphatic rings. The van der Waals surface area contributed by atoms with Crippen LogP contribution in [0.2, 0.25) is 0 Å². The number of hydrogen-bond acceptors (Lipinski definition) is 6. The van der Waals surface area contributed by atoms with Gasteiger partial charge in [-0.25, -0.2) is 0 Å². The highest BCUT2D eigenvalue weighted by molar-refractivity contribution is 5.92. The van der Waals surface area contributed by atoms with Gasteiger partial charge in [0, 0.05) is 18.7 Å². The maximum absolute atomic E-state index is 12.3. The van der Waals surface area contributed by atoms with Crippen LogP contribution in [0.25, 0.3) is 0 Å². The lowest BCUT2D eigenvalue weighted by Crippen LogP contribution is -2.24. The number of nitrogens with zero attached hydrogens (tertiary/aromatic N) is 2. The molecule has 28 heavy (non-hydrogen) atoms. The molecule has 7 nitrogen and oxygen atoms in total. The topological polar surface area (TPSA) is 85.4 Å².